The van der Waals surface area contributed by atoms with Gasteiger partial charge in [-0.2, -0.15) is 0 Å². The summed E-state index contributed by atoms with van der Waals surface area (Å²) in [4.78, 5) is 12.6. The van der Waals surface area contributed by atoms with Crippen molar-refractivity contribution in [1.82, 2.24) is 5.32 Å². The minimum absolute atomic E-state index is 0.0744. The van der Waals surface area contributed by atoms with Crippen molar-refractivity contribution in [3.05, 3.63) is 71.0 Å². The number of carbonyl (C=O) groups excluding carboxylic acids is 1. The Bertz CT molecular complexity index is 1210. The number of benzene rings is 2. The standard InChI is InChI=1S/C29H33NO3/c1-19-10-12-23(13-11-19)26-18-33-29-21(3)28(32-4)24(17-25(26)29)20(2)16-27(31)30-15-14-22-8-6-5-7-9-22/h8,10-13,16-18H,5-7,9,14-15H2,1-4H3,(H,30,31)/b20-16+. The van der Waals surface area contributed by atoms with Gasteiger partial charge in [-0.05, 0) is 70.1 Å². The van der Waals surface area contributed by atoms with Crippen molar-refractivity contribution in [2.75, 3.05) is 13.7 Å². The van der Waals surface area contributed by atoms with Crippen LogP contribution in [0.2, 0.25) is 0 Å². The van der Waals surface area contributed by atoms with Crippen LogP contribution in [-0.2, 0) is 4.79 Å². The lowest BCUT2D eigenvalue weighted by molar-refractivity contribution is -0.116. The summed E-state index contributed by atoms with van der Waals surface area (Å²) in [5, 5.41) is 4.06. The van der Waals surface area contributed by atoms with E-state index < -0.39 is 0 Å². The highest BCUT2D eigenvalue weighted by molar-refractivity contribution is 6.01. The second kappa shape index (κ2) is 10.1. The lowest BCUT2D eigenvalue weighted by Gasteiger charge is -2.14. The van der Waals surface area contributed by atoms with E-state index in [-0.39, 0.29) is 5.91 Å². The molecule has 0 fully saturated rings. The van der Waals surface area contributed by atoms with Gasteiger partial charge in [-0.25, -0.2) is 0 Å². The molecule has 4 heteroatoms. The van der Waals surface area contributed by atoms with Crippen molar-refractivity contribution in [2.45, 2.75) is 52.9 Å². The van der Waals surface area contributed by atoms with Gasteiger partial charge in [0.25, 0.3) is 0 Å². The van der Waals surface area contributed by atoms with Gasteiger partial charge in [-0.15, -0.1) is 0 Å². The normalized spacial score (nSPS) is 14.3. The molecule has 0 aliphatic heterocycles. The Morgan fingerprint density at radius 1 is 1.18 bits per heavy atom. The third-order valence-corrected chi connectivity index (χ3v) is 6.51. The summed E-state index contributed by atoms with van der Waals surface area (Å²) in [6.45, 7) is 6.70. The highest BCUT2D eigenvalue weighted by Gasteiger charge is 2.18. The second-order valence-electron chi connectivity index (χ2n) is 8.95. The van der Waals surface area contributed by atoms with E-state index in [2.05, 4.69) is 48.6 Å². The fraction of sp³-hybridized carbons (Fsp3) is 0.345. The molecule has 1 aromatic heterocycles. The molecule has 0 bridgehead atoms. The zero-order valence-electron chi connectivity index (χ0n) is 20.1. The summed E-state index contributed by atoms with van der Waals surface area (Å²) in [7, 11) is 1.66. The van der Waals surface area contributed by atoms with Crippen LogP contribution in [0.15, 0.2) is 58.7 Å². The van der Waals surface area contributed by atoms with Gasteiger partial charge in [0.1, 0.15) is 11.3 Å². The number of hydrogen-bond donors (Lipinski definition) is 1. The van der Waals surface area contributed by atoms with Crippen LogP contribution < -0.4 is 10.1 Å². The van der Waals surface area contributed by atoms with E-state index >= 15 is 0 Å². The Hall–Kier alpha value is -3.27. The number of ether oxygens (including phenoxy) is 1. The largest absolute Gasteiger partial charge is 0.496 e. The van der Waals surface area contributed by atoms with Crippen molar-refractivity contribution >= 4 is 22.4 Å². The Kier molecular flexibility index (Phi) is 7.02. The number of rotatable bonds is 7. The van der Waals surface area contributed by atoms with Gasteiger partial charge in [-0.3, -0.25) is 4.79 Å². The molecule has 2 aromatic carbocycles. The summed E-state index contributed by atoms with van der Waals surface area (Å²) in [6.07, 6.45) is 11.6. The molecule has 3 aromatic rings. The minimum atomic E-state index is -0.0744. The number of nitrogens with one attached hydrogen (secondary N) is 1. The van der Waals surface area contributed by atoms with E-state index in [1.165, 1.54) is 30.4 Å². The second-order valence-corrected chi connectivity index (χ2v) is 8.95. The van der Waals surface area contributed by atoms with Crippen LogP contribution >= 0.6 is 0 Å². The van der Waals surface area contributed by atoms with Gasteiger partial charge >= 0.3 is 0 Å². The number of carbonyl (C=O) groups is 1. The third-order valence-electron chi connectivity index (χ3n) is 6.51. The molecule has 0 unspecified atom stereocenters. The third kappa shape index (κ3) is 5.05. The predicted octanol–water partition coefficient (Wildman–Crippen LogP) is 7.14. The summed E-state index contributed by atoms with van der Waals surface area (Å²) < 4.78 is 11.7. The molecular formula is C29H33NO3. The summed E-state index contributed by atoms with van der Waals surface area (Å²) in [5.41, 5.74) is 8.33. The average Bonchev–Trinajstić information content (AvgIpc) is 3.24. The molecule has 33 heavy (non-hydrogen) atoms. The molecular weight excluding hydrogens is 410 g/mol. The highest BCUT2D eigenvalue weighted by Crippen LogP contribution is 2.40. The monoisotopic (exact) mass is 443 g/mol. The molecule has 1 heterocycles. The molecule has 1 aliphatic carbocycles. The molecule has 172 valence electrons. The molecule has 1 aliphatic rings. The molecule has 0 radical (unpaired) electrons. The SMILES string of the molecule is COc1c(/C(C)=C/C(=O)NCCC2=CCCCC2)cc2c(-c3ccc(C)cc3)coc2c1C. The fourth-order valence-electron chi connectivity index (χ4n) is 4.63. The first-order valence-corrected chi connectivity index (χ1v) is 11.8. The number of fused-ring (bicyclic) bond motifs is 1. The molecule has 4 rings (SSSR count). The Morgan fingerprint density at radius 2 is 1.97 bits per heavy atom. The number of amides is 1. The van der Waals surface area contributed by atoms with Crippen LogP contribution in [0, 0.1) is 13.8 Å². The van der Waals surface area contributed by atoms with Crippen LogP contribution in [-0.4, -0.2) is 19.6 Å². The number of allylic oxidation sites excluding steroid dienone is 2. The molecule has 0 atom stereocenters. The van der Waals surface area contributed by atoms with Crippen LogP contribution in [0.1, 0.15) is 55.7 Å². The summed E-state index contributed by atoms with van der Waals surface area (Å²) in [6, 6.07) is 10.5. The highest BCUT2D eigenvalue weighted by atomic mass is 16.5. The van der Waals surface area contributed by atoms with E-state index in [0.717, 1.165) is 57.4 Å². The van der Waals surface area contributed by atoms with Gasteiger partial charge in [0, 0.05) is 34.7 Å². The zero-order valence-corrected chi connectivity index (χ0v) is 20.1. The van der Waals surface area contributed by atoms with Gasteiger partial charge < -0.3 is 14.5 Å². The van der Waals surface area contributed by atoms with E-state index in [9.17, 15) is 4.79 Å². The van der Waals surface area contributed by atoms with Crippen molar-refractivity contribution in [3.63, 3.8) is 0 Å². The Balaban J connectivity index is 1.61. The van der Waals surface area contributed by atoms with E-state index in [1.807, 2.05) is 13.8 Å². The summed E-state index contributed by atoms with van der Waals surface area (Å²) in [5.74, 6) is 0.663. The Labute approximate surface area is 196 Å². The molecule has 0 saturated carbocycles. The number of methoxy groups -OCH3 is 1. The average molecular weight is 444 g/mol. The van der Waals surface area contributed by atoms with Gasteiger partial charge in [0.15, 0.2) is 0 Å². The first-order chi connectivity index (χ1) is 16.0. The molecule has 0 saturated heterocycles. The molecule has 1 N–H and O–H groups in total. The van der Waals surface area contributed by atoms with Crippen LogP contribution in [0.25, 0.3) is 27.7 Å². The van der Waals surface area contributed by atoms with Crippen LogP contribution in [0.3, 0.4) is 0 Å². The topological polar surface area (TPSA) is 51.5 Å². The van der Waals surface area contributed by atoms with Crippen molar-refractivity contribution in [3.8, 4) is 16.9 Å². The summed E-state index contributed by atoms with van der Waals surface area (Å²) >= 11 is 0. The van der Waals surface area contributed by atoms with Gasteiger partial charge in [0.05, 0.1) is 13.4 Å². The smallest absolute Gasteiger partial charge is 0.244 e. The first-order valence-electron chi connectivity index (χ1n) is 11.8. The van der Waals surface area contributed by atoms with Gasteiger partial charge in [-0.1, -0.05) is 41.5 Å². The number of aryl methyl sites for hydroxylation is 2. The minimum Gasteiger partial charge on any atom is -0.496 e. The van der Waals surface area contributed by atoms with Crippen LogP contribution in [0.5, 0.6) is 5.75 Å². The molecule has 1 amide bonds. The molecule has 4 nitrogen and oxygen atoms in total. The Morgan fingerprint density at radius 3 is 2.67 bits per heavy atom. The quantitative estimate of drug-likeness (QED) is 0.312. The maximum atomic E-state index is 12.6. The zero-order chi connectivity index (χ0) is 23.4. The number of furan rings is 1. The van der Waals surface area contributed by atoms with E-state index in [0.29, 0.717) is 6.54 Å². The van der Waals surface area contributed by atoms with Crippen molar-refractivity contribution < 1.29 is 13.9 Å². The lowest BCUT2D eigenvalue weighted by Crippen LogP contribution is -2.23. The van der Waals surface area contributed by atoms with Gasteiger partial charge in [0.2, 0.25) is 5.91 Å². The van der Waals surface area contributed by atoms with E-state index in [4.69, 9.17) is 9.15 Å². The van der Waals surface area contributed by atoms with Crippen molar-refractivity contribution in [2.24, 2.45) is 0 Å². The molecule has 0 spiro atoms. The first kappa shape index (κ1) is 22.9. The maximum absolute atomic E-state index is 12.6. The van der Waals surface area contributed by atoms with Crippen molar-refractivity contribution in [1.29, 1.82) is 0 Å². The maximum Gasteiger partial charge on any atom is 0.244 e. The fourth-order valence-corrected chi connectivity index (χ4v) is 4.63. The lowest BCUT2D eigenvalue weighted by atomic mass is 9.96. The van der Waals surface area contributed by atoms with E-state index in [1.54, 1.807) is 19.4 Å². The van der Waals surface area contributed by atoms with Crippen LogP contribution in [0.4, 0.5) is 0 Å². The number of hydrogen-bond acceptors (Lipinski definition) is 3. The predicted molar refractivity (Wildman–Crippen MR) is 136 cm³/mol.